The summed E-state index contributed by atoms with van der Waals surface area (Å²) in [6.45, 7) is 0.772. The summed E-state index contributed by atoms with van der Waals surface area (Å²) >= 11 is 0. The van der Waals surface area contributed by atoms with Crippen molar-refractivity contribution in [2.45, 2.75) is 18.9 Å². The number of pyridine rings is 1. The van der Waals surface area contributed by atoms with Crippen LogP contribution in [0.25, 0.3) is 0 Å². The molecule has 1 aromatic carbocycles. The molecular formula is C18H16F2N2O4. The molecule has 0 spiro atoms. The Balaban J connectivity index is 1.60. The highest BCUT2D eigenvalue weighted by atomic mass is 19.1. The predicted octanol–water partition coefficient (Wildman–Crippen LogP) is 2.74. The van der Waals surface area contributed by atoms with Crippen LogP contribution in [0.4, 0.5) is 8.78 Å². The number of hydrogen-bond acceptors (Lipinski definition) is 4. The number of ether oxygens (including phenoxy) is 1. The lowest BCUT2D eigenvalue weighted by atomic mass is 10.1. The topological polar surface area (TPSA) is 79.7 Å². The second-order valence-electron chi connectivity index (χ2n) is 5.92. The molecular weight excluding hydrogens is 346 g/mol. The molecule has 0 radical (unpaired) electrons. The lowest BCUT2D eigenvalue weighted by Crippen LogP contribution is -2.41. The number of aromatic nitrogens is 1. The summed E-state index contributed by atoms with van der Waals surface area (Å²) in [4.78, 5) is 28.7. The van der Waals surface area contributed by atoms with Gasteiger partial charge in [0.25, 0.3) is 5.91 Å². The second kappa shape index (κ2) is 7.47. The molecule has 1 amide bonds. The van der Waals surface area contributed by atoms with Crippen molar-refractivity contribution in [2.24, 2.45) is 0 Å². The molecule has 0 bridgehead atoms. The zero-order valence-corrected chi connectivity index (χ0v) is 13.7. The van der Waals surface area contributed by atoms with Gasteiger partial charge in [-0.15, -0.1) is 0 Å². The summed E-state index contributed by atoms with van der Waals surface area (Å²) in [6.07, 6.45) is 1.97. The number of halogens is 2. The van der Waals surface area contributed by atoms with Crippen LogP contribution < -0.4 is 4.74 Å². The van der Waals surface area contributed by atoms with Crippen LogP contribution in [-0.4, -0.2) is 46.1 Å². The number of likely N-dealkylation sites (tertiary alicyclic amines) is 1. The van der Waals surface area contributed by atoms with Gasteiger partial charge in [0.15, 0.2) is 11.6 Å². The molecule has 26 heavy (non-hydrogen) atoms. The smallest absolute Gasteiger partial charge is 0.354 e. The van der Waals surface area contributed by atoms with E-state index in [0.29, 0.717) is 25.9 Å². The fraction of sp³-hybridized carbons (Fsp3) is 0.278. The van der Waals surface area contributed by atoms with Gasteiger partial charge in [0.05, 0.1) is 0 Å². The molecule has 2 heterocycles. The number of aromatic carboxylic acids is 1. The monoisotopic (exact) mass is 362 g/mol. The first kappa shape index (κ1) is 17.8. The van der Waals surface area contributed by atoms with Crippen molar-refractivity contribution in [1.29, 1.82) is 0 Å². The maximum atomic E-state index is 13.7. The number of benzene rings is 1. The molecule has 1 aromatic heterocycles. The Kier molecular flexibility index (Phi) is 5.11. The minimum Gasteiger partial charge on any atom is -0.487 e. The van der Waals surface area contributed by atoms with E-state index in [1.54, 1.807) is 4.90 Å². The number of carbonyl (C=O) groups is 2. The van der Waals surface area contributed by atoms with Crippen LogP contribution in [0.3, 0.4) is 0 Å². The number of amides is 1. The first-order chi connectivity index (χ1) is 12.4. The predicted molar refractivity (Wildman–Crippen MR) is 87.1 cm³/mol. The van der Waals surface area contributed by atoms with E-state index in [4.69, 9.17) is 9.84 Å². The molecule has 8 heteroatoms. The highest BCUT2D eigenvalue weighted by Gasteiger charge is 2.26. The summed E-state index contributed by atoms with van der Waals surface area (Å²) in [5.74, 6) is -2.94. The van der Waals surface area contributed by atoms with Gasteiger partial charge < -0.3 is 14.7 Å². The van der Waals surface area contributed by atoms with Gasteiger partial charge in [-0.3, -0.25) is 4.79 Å². The van der Waals surface area contributed by atoms with Crippen molar-refractivity contribution in [2.75, 3.05) is 13.1 Å². The number of piperidine rings is 1. The van der Waals surface area contributed by atoms with Crippen LogP contribution >= 0.6 is 0 Å². The summed E-state index contributed by atoms with van der Waals surface area (Å²) in [6, 6.07) is 5.83. The normalized spacial score (nSPS) is 14.9. The largest absolute Gasteiger partial charge is 0.487 e. The maximum Gasteiger partial charge on any atom is 0.354 e. The minimum absolute atomic E-state index is 0.0172. The van der Waals surface area contributed by atoms with E-state index in [9.17, 15) is 18.4 Å². The summed E-state index contributed by atoms with van der Waals surface area (Å²) in [5, 5.41) is 8.96. The number of carboxylic acids is 1. The third kappa shape index (κ3) is 3.96. The summed E-state index contributed by atoms with van der Waals surface area (Å²) in [5.41, 5.74) is 0.0576. The average molecular weight is 362 g/mol. The Morgan fingerprint density at radius 1 is 1.15 bits per heavy atom. The lowest BCUT2D eigenvalue weighted by Gasteiger charge is -2.32. The molecule has 2 aromatic rings. The Morgan fingerprint density at radius 3 is 2.54 bits per heavy atom. The van der Waals surface area contributed by atoms with Gasteiger partial charge in [0.1, 0.15) is 17.6 Å². The van der Waals surface area contributed by atoms with Crippen LogP contribution in [0.15, 0.2) is 36.5 Å². The zero-order valence-electron chi connectivity index (χ0n) is 13.7. The third-order valence-corrected chi connectivity index (χ3v) is 4.14. The lowest BCUT2D eigenvalue weighted by molar-refractivity contribution is 0.0588. The molecule has 1 fully saturated rings. The molecule has 1 N–H and O–H groups in total. The standard InChI is InChI=1S/C18H16F2N2O4/c19-12-1-2-16(14(20)10-12)26-13-4-7-22(8-5-13)17(23)11-3-6-21-15(9-11)18(24)25/h1-3,6,9-10,13H,4-5,7-8H2,(H,24,25). The Bertz CT molecular complexity index is 836. The number of carboxylic acid groups (broad SMARTS) is 1. The molecule has 6 nitrogen and oxygen atoms in total. The van der Waals surface area contributed by atoms with Crippen LogP contribution in [0.1, 0.15) is 33.7 Å². The van der Waals surface area contributed by atoms with E-state index in [0.717, 1.165) is 12.1 Å². The highest BCUT2D eigenvalue weighted by molar-refractivity contribution is 5.96. The molecule has 1 saturated heterocycles. The number of carbonyl (C=O) groups excluding carboxylic acids is 1. The quantitative estimate of drug-likeness (QED) is 0.905. The maximum absolute atomic E-state index is 13.7. The highest BCUT2D eigenvalue weighted by Crippen LogP contribution is 2.23. The van der Waals surface area contributed by atoms with Gasteiger partial charge in [0.2, 0.25) is 0 Å². The van der Waals surface area contributed by atoms with Gasteiger partial charge in [-0.25, -0.2) is 18.6 Å². The van der Waals surface area contributed by atoms with Crippen molar-refractivity contribution in [3.63, 3.8) is 0 Å². The minimum atomic E-state index is -1.20. The molecule has 1 aliphatic rings. The van der Waals surface area contributed by atoms with Crippen molar-refractivity contribution in [3.05, 3.63) is 59.4 Å². The van der Waals surface area contributed by atoms with E-state index >= 15 is 0 Å². The SMILES string of the molecule is O=C(O)c1cc(C(=O)N2CCC(Oc3ccc(F)cc3F)CC2)ccn1. The van der Waals surface area contributed by atoms with Crippen molar-refractivity contribution >= 4 is 11.9 Å². The van der Waals surface area contributed by atoms with Gasteiger partial charge in [-0.1, -0.05) is 0 Å². The molecule has 3 rings (SSSR count). The Labute approximate surface area is 148 Å². The number of hydrogen-bond donors (Lipinski definition) is 1. The van der Waals surface area contributed by atoms with Gasteiger partial charge in [0, 0.05) is 43.8 Å². The van der Waals surface area contributed by atoms with E-state index in [2.05, 4.69) is 4.98 Å². The molecule has 0 aliphatic carbocycles. The molecule has 0 atom stereocenters. The first-order valence-corrected chi connectivity index (χ1v) is 8.04. The van der Waals surface area contributed by atoms with Crippen molar-refractivity contribution in [1.82, 2.24) is 9.88 Å². The summed E-state index contributed by atoms with van der Waals surface area (Å²) in [7, 11) is 0. The van der Waals surface area contributed by atoms with Crippen molar-refractivity contribution in [3.8, 4) is 5.75 Å². The van der Waals surface area contributed by atoms with Crippen LogP contribution in [0, 0.1) is 11.6 Å². The van der Waals surface area contributed by atoms with Gasteiger partial charge in [-0.2, -0.15) is 0 Å². The van der Waals surface area contributed by atoms with Gasteiger partial charge >= 0.3 is 5.97 Å². The van der Waals surface area contributed by atoms with Crippen molar-refractivity contribution < 1.29 is 28.2 Å². The molecule has 0 unspecified atom stereocenters. The average Bonchev–Trinajstić information content (AvgIpc) is 2.64. The fourth-order valence-electron chi connectivity index (χ4n) is 2.79. The first-order valence-electron chi connectivity index (χ1n) is 8.04. The zero-order chi connectivity index (χ0) is 18.7. The Hall–Kier alpha value is -3.03. The number of nitrogens with zero attached hydrogens (tertiary/aromatic N) is 2. The van der Waals surface area contributed by atoms with Crippen LogP contribution in [0.5, 0.6) is 5.75 Å². The molecule has 0 saturated carbocycles. The van der Waals surface area contributed by atoms with E-state index < -0.39 is 17.6 Å². The third-order valence-electron chi connectivity index (χ3n) is 4.14. The van der Waals surface area contributed by atoms with E-state index in [1.807, 2.05) is 0 Å². The van der Waals surface area contributed by atoms with E-state index in [-0.39, 0.29) is 29.0 Å². The van der Waals surface area contributed by atoms with Crippen LogP contribution in [-0.2, 0) is 0 Å². The second-order valence-corrected chi connectivity index (χ2v) is 5.92. The van der Waals surface area contributed by atoms with Gasteiger partial charge in [-0.05, 0) is 24.3 Å². The fourth-order valence-corrected chi connectivity index (χ4v) is 2.79. The number of rotatable bonds is 4. The molecule has 1 aliphatic heterocycles. The Morgan fingerprint density at radius 2 is 1.88 bits per heavy atom. The van der Waals surface area contributed by atoms with Crippen LogP contribution in [0.2, 0.25) is 0 Å². The molecule has 136 valence electrons. The van der Waals surface area contributed by atoms with E-state index in [1.165, 1.54) is 24.4 Å². The summed E-state index contributed by atoms with van der Waals surface area (Å²) < 4.78 is 32.1.